The first-order chi connectivity index (χ1) is 4.00. The van der Waals surface area contributed by atoms with Crippen molar-refractivity contribution in [3.05, 3.63) is 25.0 Å². The maximum absolute atomic E-state index is 8.00. The van der Waals surface area contributed by atoms with E-state index < -0.39 is 0 Å². The van der Waals surface area contributed by atoms with Gasteiger partial charge in [-0.1, -0.05) is 0 Å². The van der Waals surface area contributed by atoms with Crippen molar-refractivity contribution in [3.8, 4) is 0 Å². The molecule has 3 nitrogen and oxygen atoms in total. The molecule has 0 atom stereocenters. The third-order valence-electron chi connectivity index (χ3n) is 0.425. The van der Waals surface area contributed by atoms with Gasteiger partial charge in [-0.05, 0) is 0 Å². The van der Waals surface area contributed by atoms with Crippen LogP contribution < -0.4 is 0 Å². The summed E-state index contributed by atoms with van der Waals surface area (Å²) >= 11 is 2.00. The van der Waals surface area contributed by atoms with E-state index >= 15 is 0 Å². The van der Waals surface area contributed by atoms with E-state index in [4.69, 9.17) is 3.83 Å². The molecule has 1 aliphatic rings. The second-order valence-corrected chi connectivity index (χ2v) is 0.816. The molecule has 0 aromatic carbocycles. The van der Waals surface area contributed by atoms with Crippen molar-refractivity contribution in [1.29, 1.82) is 0 Å². The van der Waals surface area contributed by atoms with Crippen molar-refractivity contribution in [2.45, 2.75) is 0 Å². The molecule has 0 aromatic heterocycles. The van der Waals surface area contributed by atoms with E-state index in [2.05, 4.69) is 9.47 Å². The second kappa shape index (κ2) is 6.40. The van der Waals surface area contributed by atoms with Crippen LogP contribution in [-0.4, -0.2) is 0 Å². The fraction of sp³-hybridized carbons (Fsp3) is 0. The topological polar surface area (TPSA) is 35.5 Å². The van der Waals surface area contributed by atoms with Gasteiger partial charge in [0.05, 0.1) is 0 Å². The van der Waals surface area contributed by atoms with E-state index in [1.165, 1.54) is 25.0 Å². The zero-order valence-corrected chi connectivity index (χ0v) is 4.99. The van der Waals surface area contributed by atoms with Gasteiger partial charge in [-0.2, -0.15) is 0 Å². The van der Waals surface area contributed by atoms with Gasteiger partial charge in [0, 0.05) is 0 Å². The van der Waals surface area contributed by atoms with Crippen molar-refractivity contribution in [1.82, 2.24) is 0 Å². The molecule has 46 valence electrons. The van der Waals surface area contributed by atoms with E-state index in [1.807, 2.05) is 15.9 Å². The third kappa shape index (κ3) is 3.58. The average Bonchev–Trinajstić information content (AvgIpc) is 1.96. The van der Waals surface area contributed by atoms with Crippen LogP contribution in [-0.2, 0) is 29.3 Å². The summed E-state index contributed by atoms with van der Waals surface area (Å²) in [5.41, 5.74) is 0. The monoisotopic (exact) mass is 156 g/mol. The minimum absolute atomic E-state index is 1.46. The van der Waals surface area contributed by atoms with Crippen LogP contribution in [0, 0.1) is 0 Å². The Hall–Kier alpha value is -0.601. The second-order valence-electron chi connectivity index (χ2n) is 0.816. The Kier molecular flexibility index (Phi) is 5.92. The Morgan fingerprint density at radius 2 is 1.12 bits per heavy atom. The van der Waals surface area contributed by atoms with E-state index in [-0.39, 0.29) is 0 Å². The molecule has 0 bridgehead atoms. The zero-order chi connectivity index (χ0) is 6.24. The SMILES string of the molecule is C1=COC=CO1.[O]=[Fe]. The van der Waals surface area contributed by atoms with Gasteiger partial charge in [-0.3, -0.25) is 0 Å². The van der Waals surface area contributed by atoms with Crippen LogP contribution >= 0.6 is 0 Å². The Balaban J connectivity index is 0.000000222. The summed E-state index contributed by atoms with van der Waals surface area (Å²) in [5.74, 6) is 0. The van der Waals surface area contributed by atoms with Gasteiger partial charge >= 0.3 is 19.8 Å². The summed E-state index contributed by atoms with van der Waals surface area (Å²) < 4.78 is 17.2. The van der Waals surface area contributed by atoms with Crippen molar-refractivity contribution in [2.75, 3.05) is 0 Å². The molecule has 0 spiro atoms. The van der Waals surface area contributed by atoms with Crippen molar-refractivity contribution >= 4 is 0 Å². The van der Waals surface area contributed by atoms with Crippen LogP contribution in [0.2, 0.25) is 0 Å². The molecular formula is C4H4FeO3. The molecular weight excluding hydrogens is 152 g/mol. The summed E-state index contributed by atoms with van der Waals surface area (Å²) in [6.45, 7) is 0. The number of rotatable bonds is 0. The van der Waals surface area contributed by atoms with E-state index in [9.17, 15) is 0 Å². The maximum atomic E-state index is 8.00. The molecule has 4 heteroatoms. The van der Waals surface area contributed by atoms with E-state index in [1.54, 1.807) is 0 Å². The van der Waals surface area contributed by atoms with Crippen molar-refractivity contribution in [2.24, 2.45) is 0 Å². The molecule has 0 N–H and O–H groups in total. The molecule has 1 aliphatic heterocycles. The molecule has 8 heavy (non-hydrogen) atoms. The number of hydrogen-bond acceptors (Lipinski definition) is 3. The van der Waals surface area contributed by atoms with Crippen LogP contribution in [0.15, 0.2) is 25.0 Å². The number of hydrogen-bond donors (Lipinski definition) is 0. The first-order valence-corrected chi connectivity index (χ1v) is 2.20. The Bertz CT molecular complexity index is 79.5. The predicted octanol–water partition coefficient (Wildman–Crippen LogP) is 0.854. The van der Waals surface area contributed by atoms with Gasteiger partial charge in [0.25, 0.3) is 0 Å². The fourth-order valence-electron chi connectivity index (χ4n) is 0.219. The number of ether oxygens (including phenoxy) is 2. The predicted molar refractivity (Wildman–Crippen MR) is 21.1 cm³/mol. The molecule has 0 aliphatic carbocycles. The third-order valence-corrected chi connectivity index (χ3v) is 0.425. The molecule has 0 radical (unpaired) electrons. The molecule has 0 saturated carbocycles. The quantitative estimate of drug-likeness (QED) is 0.487. The van der Waals surface area contributed by atoms with Gasteiger partial charge in [-0.25, -0.2) is 0 Å². The Labute approximate surface area is 55.0 Å². The van der Waals surface area contributed by atoms with Gasteiger partial charge < -0.3 is 9.47 Å². The van der Waals surface area contributed by atoms with Crippen molar-refractivity contribution < 1.29 is 29.3 Å². The van der Waals surface area contributed by atoms with Crippen LogP contribution in [0.3, 0.4) is 0 Å². The Morgan fingerprint density at radius 3 is 1.25 bits per heavy atom. The average molecular weight is 156 g/mol. The van der Waals surface area contributed by atoms with Crippen LogP contribution in [0.1, 0.15) is 0 Å². The summed E-state index contributed by atoms with van der Waals surface area (Å²) in [6, 6.07) is 0. The van der Waals surface area contributed by atoms with Gasteiger partial charge in [0.15, 0.2) is 0 Å². The van der Waals surface area contributed by atoms with Gasteiger partial charge in [0.1, 0.15) is 25.0 Å². The minimum atomic E-state index is 1.46. The zero-order valence-electron chi connectivity index (χ0n) is 3.89. The van der Waals surface area contributed by atoms with Crippen LogP contribution in [0.5, 0.6) is 0 Å². The van der Waals surface area contributed by atoms with Crippen LogP contribution in [0.25, 0.3) is 0 Å². The van der Waals surface area contributed by atoms with E-state index in [0.717, 1.165) is 0 Å². The molecule has 0 amide bonds. The summed E-state index contributed by atoms with van der Waals surface area (Å²) in [5, 5.41) is 0. The Morgan fingerprint density at radius 1 is 0.875 bits per heavy atom. The van der Waals surface area contributed by atoms with Gasteiger partial charge in [0.2, 0.25) is 0 Å². The van der Waals surface area contributed by atoms with E-state index in [0.29, 0.717) is 0 Å². The summed E-state index contributed by atoms with van der Waals surface area (Å²) in [6.07, 6.45) is 5.83. The molecule has 0 saturated heterocycles. The molecule has 0 unspecified atom stereocenters. The summed E-state index contributed by atoms with van der Waals surface area (Å²) in [7, 11) is 0. The molecule has 1 rings (SSSR count). The van der Waals surface area contributed by atoms with Crippen molar-refractivity contribution in [3.63, 3.8) is 0 Å². The normalized spacial score (nSPS) is 12.6. The molecule has 0 aromatic rings. The molecule has 1 heterocycles. The first-order valence-electron chi connectivity index (χ1n) is 1.75. The van der Waals surface area contributed by atoms with Crippen LogP contribution in [0.4, 0.5) is 0 Å². The summed E-state index contributed by atoms with van der Waals surface area (Å²) in [4.78, 5) is 0. The van der Waals surface area contributed by atoms with Gasteiger partial charge in [-0.15, -0.1) is 0 Å². The standard InChI is InChI=1S/C4H4O2.Fe.O/c1-2-6-4-3-5-1;;/h1-4H;;. The molecule has 0 fully saturated rings. The first kappa shape index (κ1) is 7.40. The fourth-order valence-corrected chi connectivity index (χ4v) is 0.219.